The van der Waals surface area contributed by atoms with Gasteiger partial charge in [0.15, 0.2) is 0 Å². The fourth-order valence-corrected chi connectivity index (χ4v) is 2.04. The number of phenols is 1. The second-order valence-electron chi connectivity index (χ2n) is 5.17. The molecule has 3 amide bonds. The number of anilines is 1. The van der Waals surface area contributed by atoms with Crippen molar-refractivity contribution in [2.75, 3.05) is 5.32 Å². The topological polar surface area (TPSA) is 117 Å². The first-order chi connectivity index (χ1) is 10.9. The molecular weight excluding hydrogens is 296 g/mol. The van der Waals surface area contributed by atoms with E-state index in [4.69, 9.17) is 5.73 Å². The predicted molar refractivity (Wildman–Crippen MR) is 86.2 cm³/mol. The molecule has 1 atom stereocenters. The summed E-state index contributed by atoms with van der Waals surface area (Å²) in [7, 11) is 0. The number of primary amides is 1. The molecule has 0 saturated carbocycles. The van der Waals surface area contributed by atoms with Gasteiger partial charge >= 0.3 is 6.03 Å². The molecule has 120 valence electrons. The maximum Gasteiger partial charge on any atom is 0.319 e. The fraction of sp³-hybridized carbons (Fsp3) is 0.188. The van der Waals surface area contributed by atoms with Crippen molar-refractivity contribution in [3.63, 3.8) is 0 Å². The molecule has 0 aliphatic heterocycles. The number of hydrogen-bond donors (Lipinski definition) is 4. The van der Waals surface area contributed by atoms with E-state index in [1.807, 2.05) is 6.92 Å². The lowest BCUT2D eigenvalue weighted by atomic mass is 10.1. The summed E-state index contributed by atoms with van der Waals surface area (Å²) < 4.78 is 0. The van der Waals surface area contributed by atoms with E-state index in [1.54, 1.807) is 30.3 Å². The number of benzene rings is 1. The summed E-state index contributed by atoms with van der Waals surface area (Å²) >= 11 is 0. The molecule has 0 aliphatic carbocycles. The summed E-state index contributed by atoms with van der Waals surface area (Å²) in [5.41, 5.74) is 6.70. The van der Waals surface area contributed by atoms with Crippen molar-refractivity contribution < 1.29 is 14.7 Å². The molecule has 1 aromatic carbocycles. The normalized spacial score (nSPS) is 11.5. The molecule has 1 heterocycles. The minimum absolute atomic E-state index is 0.0996. The van der Waals surface area contributed by atoms with Crippen molar-refractivity contribution in [2.24, 2.45) is 5.73 Å². The van der Waals surface area contributed by atoms with Crippen molar-refractivity contribution in [1.82, 2.24) is 10.3 Å². The van der Waals surface area contributed by atoms with E-state index in [0.29, 0.717) is 12.1 Å². The third-order valence-electron chi connectivity index (χ3n) is 3.13. The second-order valence-corrected chi connectivity index (χ2v) is 5.17. The number of amides is 3. The highest BCUT2D eigenvalue weighted by Crippen LogP contribution is 2.11. The second kappa shape index (κ2) is 7.26. The highest BCUT2D eigenvalue weighted by atomic mass is 16.3. The van der Waals surface area contributed by atoms with Crippen LogP contribution in [-0.2, 0) is 6.42 Å². The lowest BCUT2D eigenvalue weighted by Crippen LogP contribution is -2.37. The molecule has 2 aromatic rings. The predicted octanol–water partition coefficient (Wildman–Crippen LogP) is 1.64. The van der Waals surface area contributed by atoms with Crippen molar-refractivity contribution >= 4 is 17.6 Å². The zero-order valence-corrected chi connectivity index (χ0v) is 12.6. The van der Waals surface area contributed by atoms with Gasteiger partial charge in [0, 0.05) is 6.04 Å². The number of urea groups is 1. The van der Waals surface area contributed by atoms with Gasteiger partial charge in [-0.2, -0.15) is 0 Å². The van der Waals surface area contributed by atoms with Crippen LogP contribution in [0.3, 0.4) is 0 Å². The summed E-state index contributed by atoms with van der Waals surface area (Å²) in [6.07, 6.45) is 2.00. The molecule has 0 radical (unpaired) electrons. The number of carbonyl (C=O) groups excluding carboxylic acids is 2. The first-order valence-corrected chi connectivity index (χ1v) is 7.05. The maximum absolute atomic E-state index is 11.9. The molecule has 0 unspecified atom stereocenters. The van der Waals surface area contributed by atoms with E-state index in [2.05, 4.69) is 15.6 Å². The highest BCUT2D eigenvalue weighted by Gasteiger charge is 2.09. The lowest BCUT2D eigenvalue weighted by molar-refractivity contribution is 0.0995. The van der Waals surface area contributed by atoms with Gasteiger partial charge in [0.05, 0.1) is 11.9 Å². The molecular formula is C16H18N4O3. The molecule has 5 N–H and O–H groups in total. The third kappa shape index (κ3) is 4.99. The number of nitrogens with one attached hydrogen (secondary N) is 2. The van der Waals surface area contributed by atoms with Gasteiger partial charge in [-0.15, -0.1) is 0 Å². The largest absolute Gasteiger partial charge is 0.508 e. The zero-order valence-electron chi connectivity index (χ0n) is 12.6. The van der Waals surface area contributed by atoms with Crippen LogP contribution in [0.1, 0.15) is 23.0 Å². The first kappa shape index (κ1) is 16.3. The van der Waals surface area contributed by atoms with Crippen LogP contribution < -0.4 is 16.4 Å². The molecule has 0 aliphatic rings. The van der Waals surface area contributed by atoms with Crippen LogP contribution in [0.2, 0.25) is 0 Å². The standard InChI is InChI=1S/C16H18N4O3/c1-10(8-11-2-5-13(21)6-3-11)19-16(23)20-12-4-7-14(15(17)22)18-9-12/h2-7,9-10,21H,8H2,1H3,(H2,17,22)(H2,19,20,23)/t10-/m0/s1. The quantitative estimate of drug-likeness (QED) is 0.671. The SMILES string of the molecule is C[C@@H](Cc1ccc(O)cc1)NC(=O)Nc1ccc(C(N)=O)nc1. The van der Waals surface area contributed by atoms with Crippen LogP contribution >= 0.6 is 0 Å². The Morgan fingerprint density at radius 3 is 2.48 bits per heavy atom. The van der Waals surface area contributed by atoms with E-state index >= 15 is 0 Å². The molecule has 0 fully saturated rings. The number of nitrogens with two attached hydrogens (primary N) is 1. The van der Waals surface area contributed by atoms with Gasteiger partial charge in [-0.1, -0.05) is 12.1 Å². The number of rotatable bonds is 5. The van der Waals surface area contributed by atoms with Gasteiger partial charge in [-0.3, -0.25) is 4.79 Å². The average molecular weight is 314 g/mol. The Bertz CT molecular complexity index is 683. The van der Waals surface area contributed by atoms with Gasteiger partial charge in [-0.05, 0) is 43.2 Å². The number of phenolic OH excluding ortho intramolecular Hbond substituents is 1. The lowest BCUT2D eigenvalue weighted by Gasteiger charge is -2.15. The Morgan fingerprint density at radius 1 is 1.22 bits per heavy atom. The van der Waals surface area contributed by atoms with E-state index in [0.717, 1.165) is 5.56 Å². The summed E-state index contributed by atoms with van der Waals surface area (Å²) in [4.78, 5) is 26.7. The van der Waals surface area contributed by atoms with Crippen LogP contribution in [-0.4, -0.2) is 28.1 Å². The molecule has 0 saturated heterocycles. The smallest absolute Gasteiger partial charge is 0.319 e. The number of pyridine rings is 1. The first-order valence-electron chi connectivity index (χ1n) is 7.05. The van der Waals surface area contributed by atoms with Gasteiger partial charge in [0.1, 0.15) is 11.4 Å². The van der Waals surface area contributed by atoms with Gasteiger partial charge in [0.2, 0.25) is 0 Å². The number of aromatic nitrogens is 1. The Hall–Kier alpha value is -3.09. The Balaban J connectivity index is 1.86. The molecule has 0 bridgehead atoms. The minimum Gasteiger partial charge on any atom is -0.508 e. The molecule has 7 heteroatoms. The third-order valence-corrected chi connectivity index (χ3v) is 3.13. The Kier molecular flexibility index (Phi) is 5.14. The zero-order chi connectivity index (χ0) is 16.8. The van der Waals surface area contributed by atoms with E-state index in [-0.39, 0.29) is 23.5 Å². The molecule has 0 spiro atoms. The number of carbonyl (C=O) groups is 2. The summed E-state index contributed by atoms with van der Waals surface area (Å²) in [5.74, 6) is -0.414. The molecule has 23 heavy (non-hydrogen) atoms. The molecule has 2 rings (SSSR count). The van der Waals surface area contributed by atoms with E-state index in [1.165, 1.54) is 12.3 Å². The van der Waals surface area contributed by atoms with Crippen molar-refractivity contribution in [3.8, 4) is 5.75 Å². The Morgan fingerprint density at radius 2 is 1.91 bits per heavy atom. The van der Waals surface area contributed by atoms with Gasteiger partial charge < -0.3 is 21.5 Å². The monoisotopic (exact) mass is 314 g/mol. The minimum atomic E-state index is -0.622. The number of aromatic hydroxyl groups is 1. The van der Waals surface area contributed by atoms with Crippen LogP contribution in [0.15, 0.2) is 42.6 Å². The average Bonchev–Trinajstić information content (AvgIpc) is 2.50. The molecule has 1 aromatic heterocycles. The van der Waals surface area contributed by atoms with Crippen molar-refractivity contribution in [2.45, 2.75) is 19.4 Å². The summed E-state index contributed by atoms with van der Waals surface area (Å²) in [6.45, 7) is 1.88. The summed E-state index contributed by atoms with van der Waals surface area (Å²) in [5, 5.41) is 14.7. The molecule has 7 nitrogen and oxygen atoms in total. The number of nitrogens with zero attached hydrogens (tertiary/aromatic N) is 1. The van der Waals surface area contributed by atoms with Gasteiger partial charge in [-0.25, -0.2) is 9.78 Å². The van der Waals surface area contributed by atoms with Crippen LogP contribution in [0.25, 0.3) is 0 Å². The summed E-state index contributed by atoms with van der Waals surface area (Å²) in [6, 6.07) is 9.34. The Labute approximate surface area is 133 Å². The van der Waals surface area contributed by atoms with Gasteiger partial charge in [0.25, 0.3) is 5.91 Å². The number of hydrogen-bond acceptors (Lipinski definition) is 4. The van der Waals surface area contributed by atoms with E-state index < -0.39 is 5.91 Å². The van der Waals surface area contributed by atoms with Crippen LogP contribution in [0.5, 0.6) is 5.75 Å². The maximum atomic E-state index is 11.9. The van der Waals surface area contributed by atoms with E-state index in [9.17, 15) is 14.7 Å². The van der Waals surface area contributed by atoms with Crippen molar-refractivity contribution in [1.29, 1.82) is 0 Å². The van der Waals surface area contributed by atoms with Crippen LogP contribution in [0.4, 0.5) is 10.5 Å². The van der Waals surface area contributed by atoms with Crippen molar-refractivity contribution in [3.05, 3.63) is 53.9 Å². The fourth-order valence-electron chi connectivity index (χ4n) is 2.04. The highest BCUT2D eigenvalue weighted by molar-refractivity contribution is 5.92. The van der Waals surface area contributed by atoms with Crippen LogP contribution in [0, 0.1) is 0 Å².